The Balaban J connectivity index is 1.43. The van der Waals surface area contributed by atoms with Crippen LogP contribution in [0.4, 0.5) is 14.5 Å². The third-order valence-corrected chi connectivity index (χ3v) is 8.63. The highest BCUT2D eigenvalue weighted by Gasteiger charge is 2.37. The minimum Gasteiger partial charge on any atom is -0.369 e. The molecular formula is C26H29F2N7O3S. The zero-order valence-electron chi connectivity index (χ0n) is 21.5. The van der Waals surface area contributed by atoms with E-state index in [1.165, 1.54) is 25.2 Å². The van der Waals surface area contributed by atoms with Crippen molar-refractivity contribution in [2.45, 2.75) is 31.2 Å². The number of nitrogens with one attached hydrogen (secondary N) is 1. The molecule has 1 aliphatic heterocycles. The average molecular weight is 558 g/mol. The summed E-state index contributed by atoms with van der Waals surface area (Å²) in [5.74, 6) is -2.08. The topological polar surface area (TPSA) is 134 Å². The van der Waals surface area contributed by atoms with Gasteiger partial charge in [0.15, 0.2) is 0 Å². The Hall–Kier alpha value is -3.97. The Morgan fingerprint density at radius 1 is 1.23 bits per heavy atom. The summed E-state index contributed by atoms with van der Waals surface area (Å²) in [6.07, 6.45) is 3.04. The number of nitrogens with two attached hydrogens (primary N) is 1. The summed E-state index contributed by atoms with van der Waals surface area (Å²) < 4.78 is 55.2. The van der Waals surface area contributed by atoms with E-state index in [0.29, 0.717) is 26.1 Å². The van der Waals surface area contributed by atoms with Crippen LogP contribution < -0.4 is 11.1 Å². The lowest BCUT2D eigenvalue weighted by molar-refractivity contribution is 0.102. The molecule has 206 valence electrons. The maximum absolute atomic E-state index is 14.7. The summed E-state index contributed by atoms with van der Waals surface area (Å²) in [6, 6.07) is 10.9. The number of aliphatic imine (C=N–C) groups is 1. The van der Waals surface area contributed by atoms with E-state index in [1.807, 2.05) is 23.1 Å². The molecule has 1 fully saturated rings. The molecular weight excluding hydrogens is 528 g/mol. The fourth-order valence-electron chi connectivity index (χ4n) is 4.25. The maximum Gasteiger partial charge on any atom is 0.274 e. The second-order valence-corrected chi connectivity index (χ2v) is 11.4. The molecule has 0 aliphatic carbocycles. The largest absolute Gasteiger partial charge is 0.369 e. The van der Waals surface area contributed by atoms with Crippen molar-refractivity contribution in [1.82, 2.24) is 19.2 Å². The predicted molar refractivity (Wildman–Crippen MR) is 143 cm³/mol. The zero-order chi connectivity index (χ0) is 28.2. The Morgan fingerprint density at radius 2 is 2.03 bits per heavy atom. The van der Waals surface area contributed by atoms with Crippen LogP contribution in [0.1, 0.15) is 41.1 Å². The number of halogens is 2. The van der Waals surface area contributed by atoms with E-state index in [2.05, 4.69) is 20.3 Å². The summed E-state index contributed by atoms with van der Waals surface area (Å²) in [7, 11) is -2.50. The number of anilines is 1. The van der Waals surface area contributed by atoms with Crippen LogP contribution in [0.2, 0.25) is 0 Å². The first-order chi connectivity index (χ1) is 18.5. The number of amides is 1. The van der Waals surface area contributed by atoms with E-state index in [4.69, 9.17) is 5.73 Å². The van der Waals surface area contributed by atoms with E-state index in [9.17, 15) is 22.0 Å². The minimum absolute atomic E-state index is 0.0186. The van der Waals surface area contributed by atoms with Gasteiger partial charge in [0, 0.05) is 37.6 Å². The van der Waals surface area contributed by atoms with Crippen molar-refractivity contribution in [3.63, 3.8) is 0 Å². The van der Waals surface area contributed by atoms with Crippen molar-refractivity contribution in [1.29, 1.82) is 0 Å². The van der Waals surface area contributed by atoms with Gasteiger partial charge in [0.05, 0.1) is 23.2 Å². The number of guanidine groups is 1. The molecule has 2 atom stereocenters. The molecule has 2 aromatic heterocycles. The molecule has 4 rings (SSSR count). The summed E-state index contributed by atoms with van der Waals surface area (Å²) in [4.78, 5) is 26.7. The fourth-order valence-corrected chi connectivity index (χ4v) is 5.81. The Bertz CT molecular complexity index is 1450. The van der Waals surface area contributed by atoms with Gasteiger partial charge in [-0.25, -0.2) is 31.5 Å². The fraction of sp³-hybridized carbons (Fsp3) is 0.308. The molecule has 1 amide bonds. The van der Waals surface area contributed by atoms with Crippen molar-refractivity contribution in [3.05, 3.63) is 89.5 Å². The lowest BCUT2D eigenvalue weighted by Crippen LogP contribution is -2.44. The van der Waals surface area contributed by atoms with E-state index >= 15 is 0 Å². The van der Waals surface area contributed by atoms with Gasteiger partial charge in [-0.05, 0) is 62.4 Å². The third kappa shape index (κ3) is 6.73. The van der Waals surface area contributed by atoms with Gasteiger partial charge in [0.2, 0.25) is 16.0 Å². The van der Waals surface area contributed by atoms with Crippen LogP contribution >= 0.6 is 0 Å². The number of likely N-dealkylation sites (tertiary alicyclic amines) is 1. The minimum atomic E-state index is -3.83. The van der Waals surface area contributed by atoms with E-state index < -0.39 is 38.9 Å². The molecule has 1 aliphatic rings. The Kier molecular flexibility index (Phi) is 8.51. The van der Waals surface area contributed by atoms with Crippen LogP contribution in [-0.2, 0) is 16.6 Å². The molecule has 0 radical (unpaired) electrons. The number of aromatic nitrogens is 2. The van der Waals surface area contributed by atoms with Gasteiger partial charge in [-0.2, -0.15) is 0 Å². The van der Waals surface area contributed by atoms with E-state index in [0.717, 1.165) is 28.3 Å². The van der Waals surface area contributed by atoms with Gasteiger partial charge in [0.1, 0.15) is 17.3 Å². The highest BCUT2D eigenvalue weighted by atomic mass is 32.2. The number of carbonyl (C=O) groups is 1. The number of hydrogen-bond donors (Lipinski definition) is 2. The number of hydrogen-bond acceptors (Lipinski definition) is 7. The highest BCUT2D eigenvalue weighted by molar-refractivity contribution is 7.90. The summed E-state index contributed by atoms with van der Waals surface area (Å²) in [6.45, 7) is 3.02. The van der Waals surface area contributed by atoms with Crippen LogP contribution in [0, 0.1) is 11.6 Å². The molecule has 1 saturated heterocycles. The molecule has 10 nitrogen and oxygen atoms in total. The number of pyridine rings is 2. The van der Waals surface area contributed by atoms with Crippen LogP contribution in [0.5, 0.6) is 0 Å². The molecule has 1 unspecified atom stereocenters. The Labute approximate surface area is 225 Å². The predicted octanol–water partition coefficient (Wildman–Crippen LogP) is 2.92. The van der Waals surface area contributed by atoms with E-state index in [-0.39, 0.29) is 22.9 Å². The second kappa shape index (κ2) is 11.8. The number of sulfonamides is 1. The van der Waals surface area contributed by atoms with Crippen LogP contribution in [-0.4, -0.2) is 64.8 Å². The summed E-state index contributed by atoms with van der Waals surface area (Å²) >= 11 is 0. The molecule has 3 aromatic rings. The smallest absolute Gasteiger partial charge is 0.274 e. The molecule has 0 bridgehead atoms. The van der Waals surface area contributed by atoms with Gasteiger partial charge in [-0.3, -0.25) is 14.7 Å². The van der Waals surface area contributed by atoms with Crippen LogP contribution in [0.3, 0.4) is 0 Å². The molecule has 3 heterocycles. The Morgan fingerprint density at radius 3 is 2.72 bits per heavy atom. The SMILES string of the molecule is CC(N=C(N)N(C)S(=O)(=O)[C@H]1CCN(Cc2ccccn2)C1)c1cc(NC(=O)c2ccc(F)cn2)ccc1F. The standard InChI is InChI=1S/C26H29F2N7O3S/c1-17(22-13-19(7-8-23(22)28)33-25(36)24-9-6-18(27)14-31-24)32-26(29)34(2)39(37,38)21-10-12-35(16-21)15-20-5-3-4-11-30-20/h3-9,11,13-14,17,21H,10,12,15-16H2,1-2H3,(H2,29,32)(H,33,36)/t17?,21-/m0/s1. The average Bonchev–Trinajstić information content (AvgIpc) is 3.39. The van der Waals surface area contributed by atoms with Crippen molar-refractivity contribution in [2.24, 2.45) is 10.7 Å². The monoisotopic (exact) mass is 557 g/mol. The first-order valence-electron chi connectivity index (χ1n) is 12.2. The quantitative estimate of drug-likeness (QED) is 0.321. The van der Waals surface area contributed by atoms with Gasteiger partial charge >= 0.3 is 0 Å². The maximum atomic E-state index is 14.7. The molecule has 0 spiro atoms. The zero-order valence-corrected chi connectivity index (χ0v) is 22.3. The van der Waals surface area contributed by atoms with Crippen LogP contribution in [0.25, 0.3) is 0 Å². The number of rotatable bonds is 8. The van der Waals surface area contributed by atoms with Crippen molar-refractivity contribution in [3.8, 4) is 0 Å². The number of carbonyl (C=O) groups excluding carboxylic acids is 1. The molecule has 3 N–H and O–H groups in total. The van der Waals surface area contributed by atoms with Gasteiger partial charge in [-0.1, -0.05) is 6.07 Å². The van der Waals surface area contributed by atoms with Crippen molar-refractivity contribution in [2.75, 3.05) is 25.5 Å². The molecule has 39 heavy (non-hydrogen) atoms. The van der Waals surface area contributed by atoms with Crippen molar-refractivity contribution < 1.29 is 22.0 Å². The molecule has 13 heteroatoms. The van der Waals surface area contributed by atoms with Gasteiger partial charge in [-0.15, -0.1) is 0 Å². The number of benzene rings is 1. The lowest BCUT2D eigenvalue weighted by Gasteiger charge is -2.24. The molecule has 0 saturated carbocycles. The van der Waals surface area contributed by atoms with Gasteiger partial charge in [0.25, 0.3) is 5.91 Å². The first kappa shape index (κ1) is 28.0. The highest BCUT2D eigenvalue weighted by Crippen LogP contribution is 2.26. The lowest BCUT2D eigenvalue weighted by atomic mass is 10.1. The third-order valence-electron chi connectivity index (χ3n) is 6.46. The van der Waals surface area contributed by atoms with E-state index in [1.54, 1.807) is 13.1 Å². The number of nitrogens with zero attached hydrogens (tertiary/aromatic N) is 5. The second-order valence-electron chi connectivity index (χ2n) is 9.19. The normalized spacial score (nSPS) is 17.1. The summed E-state index contributed by atoms with van der Waals surface area (Å²) in [5, 5.41) is 1.90. The van der Waals surface area contributed by atoms with Gasteiger partial charge < -0.3 is 11.1 Å². The summed E-state index contributed by atoms with van der Waals surface area (Å²) in [5.41, 5.74) is 7.25. The van der Waals surface area contributed by atoms with Crippen LogP contribution in [0.15, 0.2) is 65.9 Å². The molecule has 1 aromatic carbocycles. The van der Waals surface area contributed by atoms with Crippen molar-refractivity contribution >= 4 is 27.6 Å². The first-order valence-corrected chi connectivity index (χ1v) is 13.7.